The molecule has 0 aromatic carbocycles. The Morgan fingerprint density at radius 3 is 1.88 bits per heavy atom. The van der Waals surface area contributed by atoms with Crippen LogP contribution in [0.5, 0.6) is 0 Å². The van der Waals surface area contributed by atoms with Gasteiger partial charge in [0.15, 0.2) is 0 Å². The van der Waals surface area contributed by atoms with Crippen molar-refractivity contribution < 1.29 is 0 Å². The normalized spacial score (nSPS) is 38.9. The van der Waals surface area contributed by atoms with Crippen LogP contribution < -0.4 is 0 Å². The summed E-state index contributed by atoms with van der Waals surface area (Å²) in [7, 11) is 0. The maximum Gasteiger partial charge on any atom is -0.00531 e. The minimum absolute atomic E-state index is 0.721. The number of hydrogen-bond donors (Lipinski definition) is 0. The Labute approximate surface area is 163 Å². The van der Waals surface area contributed by atoms with E-state index >= 15 is 0 Å². The Morgan fingerprint density at radius 1 is 0.731 bits per heavy atom. The molecule has 0 nitrogen and oxygen atoms in total. The van der Waals surface area contributed by atoms with Crippen molar-refractivity contribution in [1.29, 1.82) is 0 Å². The van der Waals surface area contributed by atoms with Crippen LogP contribution in [0.15, 0.2) is 24.3 Å². The largest absolute Gasteiger partial charge is 0.0848 e. The van der Waals surface area contributed by atoms with Crippen LogP contribution in [0.25, 0.3) is 0 Å². The van der Waals surface area contributed by atoms with Crippen molar-refractivity contribution >= 4 is 0 Å². The average molecular weight is 357 g/mol. The van der Waals surface area contributed by atoms with Crippen LogP contribution in [-0.2, 0) is 0 Å². The van der Waals surface area contributed by atoms with E-state index in [1.165, 1.54) is 77.0 Å². The molecule has 2 fully saturated rings. The molecule has 0 spiro atoms. The monoisotopic (exact) mass is 356 g/mol. The molecule has 0 N–H and O–H groups in total. The molecule has 0 saturated heterocycles. The molecule has 0 amide bonds. The van der Waals surface area contributed by atoms with Gasteiger partial charge in [-0.1, -0.05) is 70.8 Å². The van der Waals surface area contributed by atoms with E-state index in [9.17, 15) is 0 Å². The van der Waals surface area contributed by atoms with Crippen molar-refractivity contribution in [2.24, 2.45) is 41.4 Å². The van der Waals surface area contributed by atoms with E-state index in [0.717, 1.165) is 41.4 Å². The summed E-state index contributed by atoms with van der Waals surface area (Å²) in [4.78, 5) is 0. The molecule has 3 rings (SSSR count). The summed E-state index contributed by atoms with van der Waals surface area (Å²) in [5.41, 5.74) is 0. The van der Waals surface area contributed by atoms with Gasteiger partial charge in [-0.15, -0.1) is 0 Å². The highest BCUT2D eigenvalue weighted by atomic mass is 14.3. The lowest BCUT2D eigenvalue weighted by Crippen LogP contribution is -2.24. The first-order valence-electron chi connectivity index (χ1n) is 12.1. The minimum atomic E-state index is 0.721. The van der Waals surface area contributed by atoms with Crippen LogP contribution in [0.3, 0.4) is 0 Å². The second kappa shape index (κ2) is 10.1. The molecular weight excluding hydrogens is 312 g/mol. The fraction of sp³-hybridized carbons (Fsp3) is 0.846. The maximum absolute atomic E-state index is 2.60. The van der Waals surface area contributed by atoms with E-state index in [1.54, 1.807) is 0 Å². The van der Waals surface area contributed by atoms with Crippen molar-refractivity contribution in [2.75, 3.05) is 0 Å². The fourth-order valence-electron chi connectivity index (χ4n) is 6.18. The highest BCUT2D eigenvalue weighted by molar-refractivity contribution is 5.08. The zero-order chi connectivity index (χ0) is 18.4. The summed E-state index contributed by atoms with van der Waals surface area (Å²) in [5.74, 6) is 6.48. The summed E-state index contributed by atoms with van der Waals surface area (Å²) < 4.78 is 0. The van der Waals surface area contributed by atoms with Crippen LogP contribution >= 0.6 is 0 Å². The third-order valence-electron chi connectivity index (χ3n) is 8.27. The van der Waals surface area contributed by atoms with Gasteiger partial charge in [0.1, 0.15) is 0 Å². The molecule has 0 aliphatic heterocycles. The van der Waals surface area contributed by atoms with Crippen LogP contribution in [-0.4, -0.2) is 0 Å². The lowest BCUT2D eigenvalue weighted by molar-refractivity contribution is 0.160. The smallest absolute Gasteiger partial charge is 0.00531 e. The highest BCUT2D eigenvalue weighted by Crippen LogP contribution is 2.41. The summed E-state index contributed by atoms with van der Waals surface area (Å²) >= 11 is 0. The van der Waals surface area contributed by atoms with Gasteiger partial charge in [-0.25, -0.2) is 0 Å². The molecule has 2 saturated carbocycles. The third kappa shape index (κ3) is 5.49. The van der Waals surface area contributed by atoms with Crippen molar-refractivity contribution in [3.63, 3.8) is 0 Å². The van der Waals surface area contributed by atoms with Gasteiger partial charge in [0.05, 0.1) is 0 Å². The van der Waals surface area contributed by atoms with E-state index < -0.39 is 0 Å². The van der Waals surface area contributed by atoms with E-state index in [4.69, 9.17) is 0 Å². The molecule has 0 bridgehead atoms. The maximum atomic E-state index is 2.60. The molecule has 3 aliphatic carbocycles. The lowest BCUT2D eigenvalue weighted by atomic mass is 9.69. The second-order valence-electron chi connectivity index (χ2n) is 9.95. The Morgan fingerprint density at radius 2 is 1.35 bits per heavy atom. The van der Waals surface area contributed by atoms with Gasteiger partial charge in [0.25, 0.3) is 0 Å². The molecule has 0 radical (unpaired) electrons. The second-order valence-corrected chi connectivity index (χ2v) is 9.95. The molecule has 0 aromatic rings. The van der Waals surface area contributed by atoms with Crippen LogP contribution in [0, 0.1) is 41.4 Å². The Bertz CT molecular complexity index is 439. The number of hydrogen-bond acceptors (Lipinski definition) is 0. The molecule has 26 heavy (non-hydrogen) atoms. The highest BCUT2D eigenvalue weighted by Gasteiger charge is 2.29. The summed E-state index contributed by atoms with van der Waals surface area (Å²) in [6.45, 7) is 7.17. The Balaban J connectivity index is 1.40. The van der Waals surface area contributed by atoms with Crippen LogP contribution in [0.1, 0.15) is 97.8 Å². The quantitative estimate of drug-likeness (QED) is 0.421. The van der Waals surface area contributed by atoms with E-state index in [-0.39, 0.29) is 0 Å². The molecule has 2 unspecified atom stereocenters. The third-order valence-corrected chi connectivity index (χ3v) is 8.27. The van der Waals surface area contributed by atoms with Crippen molar-refractivity contribution in [1.82, 2.24) is 0 Å². The summed E-state index contributed by atoms with van der Waals surface area (Å²) in [6.07, 6.45) is 27.7. The van der Waals surface area contributed by atoms with Crippen LogP contribution in [0.2, 0.25) is 0 Å². The average Bonchev–Trinajstić information content (AvgIpc) is 2.69. The van der Waals surface area contributed by atoms with Gasteiger partial charge in [-0.05, 0) is 92.8 Å². The standard InChI is InChI=1S/C26H44/c1-4-23(5-2)24-16-10-21(11-17-24)8-9-22-12-18-26(19-13-22)25-14-6-20(3)7-15-25/h8-10,16,20-26H,4-7,11-15,17-19H2,1-3H3/b9-8+. The first-order valence-corrected chi connectivity index (χ1v) is 12.1. The van der Waals surface area contributed by atoms with Crippen molar-refractivity contribution in [3.8, 4) is 0 Å². The predicted octanol–water partition coefficient (Wildman–Crippen LogP) is 8.19. The fourth-order valence-corrected chi connectivity index (χ4v) is 6.18. The summed E-state index contributed by atoms with van der Waals surface area (Å²) in [5, 5.41) is 0. The molecule has 0 heteroatoms. The number of rotatable bonds is 6. The van der Waals surface area contributed by atoms with Gasteiger partial charge in [-0.2, -0.15) is 0 Å². The van der Waals surface area contributed by atoms with Gasteiger partial charge in [0.2, 0.25) is 0 Å². The van der Waals surface area contributed by atoms with E-state index in [0.29, 0.717) is 0 Å². The van der Waals surface area contributed by atoms with Gasteiger partial charge in [-0.3, -0.25) is 0 Å². The van der Waals surface area contributed by atoms with E-state index in [2.05, 4.69) is 45.1 Å². The molecule has 0 aromatic heterocycles. The first kappa shape index (κ1) is 20.2. The molecular formula is C26H44. The van der Waals surface area contributed by atoms with Gasteiger partial charge in [0, 0.05) is 0 Å². The van der Waals surface area contributed by atoms with Gasteiger partial charge < -0.3 is 0 Å². The van der Waals surface area contributed by atoms with Crippen molar-refractivity contribution in [3.05, 3.63) is 24.3 Å². The lowest BCUT2D eigenvalue weighted by Gasteiger charge is -2.36. The van der Waals surface area contributed by atoms with Crippen LogP contribution in [0.4, 0.5) is 0 Å². The zero-order valence-corrected chi connectivity index (χ0v) is 17.8. The summed E-state index contributed by atoms with van der Waals surface area (Å²) in [6, 6.07) is 0. The Kier molecular flexibility index (Phi) is 7.89. The zero-order valence-electron chi connectivity index (χ0n) is 17.8. The molecule has 2 atom stereocenters. The minimum Gasteiger partial charge on any atom is -0.0848 e. The SMILES string of the molecule is CCC(CC)C1C=CC(/C=C/C2CCC(C3CCC(C)CC3)CC2)CC1. The molecule has 0 heterocycles. The predicted molar refractivity (Wildman–Crippen MR) is 115 cm³/mol. The molecule has 148 valence electrons. The topological polar surface area (TPSA) is 0 Å². The first-order chi connectivity index (χ1) is 12.7. The Hall–Kier alpha value is -0.520. The number of allylic oxidation sites excluding steroid dienone is 4. The van der Waals surface area contributed by atoms with E-state index in [1.807, 2.05) is 0 Å². The van der Waals surface area contributed by atoms with Crippen molar-refractivity contribution in [2.45, 2.75) is 97.8 Å². The van der Waals surface area contributed by atoms with Gasteiger partial charge >= 0.3 is 0 Å². The molecule has 3 aliphatic rings.